The van der Waals surface area contributed by atoms with Crippen LogP contribution in [0.25, 0.3) is 5.70 Å². The van der Waals surface area contributed by atoms with Crippen molar-refractivity contribution >= 4 is 40.7 Å². The van der Waals surface area contributed by atoms with Gasteiger partial charge in [0.1, 0.15) is 11.4 Å². The van der Waals surface area contributed by atoms with Crippen LogP contribution in [0.1, 0.15) is 38.4 Å². The predicted molar refractivity (Wildman–Crippen MR) is 132 cm³/mol. The molecule has 188 valence electrons. The number of imide groups is 1. The summed E-state index contributed by atoms with van der Waals surface area (Å²) in [6, 6.07) is 10.7. The molecule has 1 N–H and O–H groups in total. The molecule has 0 spiro atoms. The third-order valence-electron chi connectivity index (χ3n) is 6.23. The van der Waals surface area contributed by atoms with E-state index in [0.29, 0.717) is 22.0 Å². The molecule has 2 aliphatic heterocycles. The van der Waals surface area contributed by atoms with E-state index in [1.54, 1.807) is 48.3 Å². The summed E-state index contributed by atoms with van der Waals surface area (Å²) < 4.78 is 28.9. The molecule has 1 aromatic heterocycles. The lowest BCUT2D eigenvalue weighted by atomic mass is 10.0. The van der Waals surface area contributed by atoms with Crippen molar-refractivity contribution in [3.05, 3.63) is 93.8 Å². The first-order valence-corrected chi connectivity index (χ1v) is 11.8. The van der Waals surface area contributed by atoms with Crippen molar-refractivity contribution in [1.82, 2.24) is 20.0 Å². The van der Waals surface area contributed by atoms with Crippen LogP contribution in [0, 0.1) is 11.6 Å². The molecule has 0 saturated carbocycles. The summed E-state index contributed by atoms with van der Waals surface area (Å²) in [7, 11) is 1.72. The number of aliphatic imine (C=N–C) groups is 1. The number of benzene rings is 2. The Morgan fingerprint density at radius 1 is 1.08 bits per heavy atom. The van der Waals surface area contributed by atoms with Crippen LogP contribution in [-0.2, 0) is 18.3 Å². The van der Waals surface area contributed by atoms with Crippen LogP contribution in [0.4, 0.5) is 8.78 Å². The van der Waals surface area contributed by atoms with Gasteiger partial charge in [-0.05, 0) is 42.3 Å². The number of hydrogen-bond acceptors (Lipinski definition) is 5. The SMILES string of the molecule is Cn1nccc1C1=C(Cl)CC(C(=O)N[C@@H](Cc2ccc(F)c(F)c2)CN2C(=O)c3ccccc3C2=O)=N1. The fourth-order valence-electron chi connectivity index (χ4n) is 4.41. The summed E-state index contributed by atoms with van der Waals surface area (Å²) in [6.45, 7) is -0.180. The highest BCUT2D eigenvalue weighted by molar-refractivity contribution is 6.46. The normalized spacial score (nSPS) is 15.8. The van der Waals surface area contributed by atoms with Gasteiger partial charge in [0.05, 0.1) is 27.9 Å². The zero-order chi connectivity index (χ0) is 26.3. The van der Waals surface area contributed by atoms with Crippen molar-refractivity contribution < 1.29 is 23.2 Å². The molecule has 1 atom stereocenters. The highest BCUT2D eigenvalue weighted by Crippen LogP contribution is 2.31. The quantitative estimate of drug-likeness (QED) is 0.480. The first kappa shape index (κ1) is 24.5. The van der Waals surface area contributed by atoms with E-state index in [4.69, 9.17) is 11.6 Å². The van der Waals surface area contributed by atoms with E-state index in [1.807, 2.05) is 0 Å². The lowest BCUT2D eigenvalue weighted by molar-refractivity contribution is -0.115. The standard InChI is InChI=1S/C26H20ClF2N5O3/c1-33-22(8-9-30-33)23-18(27)12-21(32-23)24(35)31-15(10-14-6-7-19(28)20(29)11-14)13-34-25(36)16-4-2-3-5-17(16)26(34)37/h2-9,11,15H,10,12-13H2,1H3,(H,31,35)/t15-/m0/s1. The highest BCUT2D eigenvalue weighted by Gasteiger charge is 2.37. The lowest BCUT2D eigenvalue weighted by Gasteiger charge is -2.24. The molecule has 0 saturated heterocycles. The summed E-state index contributed by atoms with van der Waals surface area (Å²) in [5.74, 6) is -3.59. The van der Waals surface area contributed by atoms with Crippen molar-refractivity contribution in [3.8, 4) is 0 Å². The minimum Gasteiger partial charge on any atom is -0.346 e. The first-order valence-electron chi connectivity index (χ1n) is 11.4. The van der Waals surface area contributed by atoms with E-state index in [0.717, 1.165) is 17.0 Å². The fraction of sp³-hybridized carbons (Fsp3) is 0.192. The molecule has 0 fully saturated rings. The second-order valence-corrected chi connectivity index (χ2v) is 9.17. The van der Waals surface area contributed by atoms with Crippen LogP contribution < -0.4 is 5.32 Å². The topological polar surface area (TPSA) is 96.7 Å². The third kappa shape index (κ3) is 4.67. The molecule has 2 aliphatic rings. The molecule has 0 radical (unpaired) electrons. The lowest BCUT2D eigenvalue weighted by Crippen LogP contribution is -2.48. The van der Waals surface area contributed by atoms with Crippen LogP contribution in [0.2, 0.25) is 0 Å². The van der Waals surface area contributed by atoms with Gasteiger partial charge >= 0.3 is 0 Å². The smallest absolute Gasteiger partial charge is 0.266 e. The number of nitrogens with one attached hydrogen (secondary N) is 1. The van der Waals surface area contributed by atoms with Crippen molar-refractivity contribution in [2.75, 3.05) is 6.54 Å². The number of carbonyl (C=O) groups excluding carboxylic acids is 3. The molecule has 8 nitrogen and oxygen atoms in total. The number of nitrogens with zero attached hydrogens (tertiary/aromatic N) is 4. The van der Waals surface area contributed by atoms with Gasteiger partial charge in [-0.3, -0.25) is 24.0 Å². The number of aromatic nitrogens is 2. The minimum absolute atomic E-state index is 0.0272. The number of amides is 3. The first-order chi connectivity index (χ1) is 17.7. The molecule has 5 rings (SSSR count). The maximum absolute atomic E-state index is 13.9. The van der Waals surface area contributed by atoms with Gasteiger partial charge < -0.3 is 5.32 Å². The van der Waals surface area contributed by atoms with Gasteiger partial charge in [-0.15, -0.1) is 0 Å². The zero-order valence-corrected chi connectivity index (χ0v) is 20.3. The average Bonchev–Trinajstić information content (AvgIpc) is 3.54. The number of halogens is 3. The van der Waals surface area contributed by atoms with Gasteiger partial charge in [0.15, 0.2) is 11.6 Å². The summed E-state index contributed by atoms with van der Waals surface area (Å²) >= 11 is 6.38. The highest BCUT2D eigenvalue weighted by atomic mass is 35.5. The van der Waals surface area contributed by atoms with E-state index in [-0.39, 0.29) is 36.2 Å². The number of allylic oxidation sites excluding steroid dienone is 1. The fourth-order valence-corrected chi connectivity index (χ4v) is 4.67. The van der Waals surface area contributed by atoms with Crippen molar-refractivity contribution in [2.24, 2.45) is 12.0 Å². The van der Waals surface area contributed by atoms with Crippen LogP contribution in [-0.4, -0.2) is 50.7 Å². The van der Waals surface area contributed by atoms with Crippen molar-refractivity contribution in [1.29, 1.82) is 0 Å². The van der Waals surface area contributed by atoms with Crippen LogP contribution in [0.15, 0.2) is 64.8 Å². The minimum atomic E-state index is -1.04. The molecule has 0 unspecified atom stereocenters. The maximum Gasteiger partial charge on any atom is 0.266 e. The molecular weight excluding hydrogens is 504 g/mol. The Kier molecular flexibility index (Phi) is 6.43. The zero-order valence-electron chi connectivity index (χ0n) is 19.5. The predicted octanol–water partition coefficient (Wildman–Crippen LogP) is 3.47. The summed E-state index contributed by atoms with van der Waals surface area (Å²) in [5.41, 5.74) is 2.10. The van der Waals surface area contributed by atoms with E-state index >= 15 is 0 Å². The summed E-state index contributed by atoms with van der Waals surface area (Å²) in [6.07, 6.45) is 1.69. The Morgan fingerprint density at radius 2 is 1.78 bits per heavy atom. The Balaban J connectivity index is 1.39. The molecular formula is C26H20ClF2N5O3. The second kappa shape index (κ2) is 9.70. The van der Waals surface area contributed by atoms with Gasteiger partial charge in [-0.1, -0.05) is 29.8 Å². The largest absolute Gasteiger partial charge is 0.346 e. The number of fused-ring (bicyclic) bond motifs is 1. The third-order valence-corrected chi connectivity index (χ3v) is 6.55. The molecule has 3 heterocycles. The number of aryl methyl sites for hydroxylation is 1. The molecule has 0 bridgehead atoms. The van der Waals surface area contributed by atoms with Crippen molar-refractivity contribution in [3.63, 3.8) is 0 Å². The van der Waals surface area contributed by atoms with E-state index < -0.39 is 35.4 Å². The van der Waals surface area contributed by atoms with Gasteiger partial charge in [0.2, 0.25) is 0 Å². The molecule has 3 aromatic rings. The van der Waals surface area contributed by atoms with E-state index in [2.05, 4.69) is 15.4 Å². The van der Waals surface area contributed by atoms with E-state index in [9.17, 15) is 23.2 Å². The van der Waals surface area contributed by atoms with Crippen molar-refractivity contribution in [2.45, 2.75) is 18.9 Å². The Hall–Kier alpha value is -4.18. The summed E-state index contributed by atoms with van der Waals surface area (Å²) in [4.78, 5) is 44.4. The monoisotopic (exact) mass is 523 g/mol. The summed E-state index contributed by atoms with van der Waals surface area (Å²) in [5, 5.41) is 7.25. The van der Waals surface area contributed by atoms with Gasteiger partial charge in [-0.2, -0.15) is 5.10 Å². The molecule has 2 aromatic carbocycles. The Morgan fingerprint density at radius 3 is 2.41 bits per heavy atom. The number of rotatable bonds is 7. The Bertz CT molecular complexity index is 1480. The van der Waals surface area contributed by atoms with Crippen LogP contribution in [0.3, 0.4) is 0 Å². The average molecular weight is 524 g/mol. The maximum atomic E-state index is 13.9. The van der Waals surface area contributed by atoms with Gasteiger partial charge in [0, 0.05) is 26.2 Å². The number of carbonyl (C=O) groups is 3. The molecule has 3 amide bonds. The Labute approximate surface area is 215 Å². The van der Waals surface area contributed by atoms with E-state index in [1.165, 1.54) is 6.07 Å². The van der Waals surface area contributed by atoms with Crippen LogP contribution >= 0.6 is 11.6 Å². The molecule has 37 heavy (non-hydrogen) atoms. The molecule has 0 aliphatic carbocycles. The van der Waals surface area contributed by atoms with Gasteiger partial charge in [-0.25, -0.2) is 13.8 Å². The number of hydrogen-bond donors (Lipinski definition) is 1. The second-order valence-electron chi connectivity index (χ2n) is 8.72. The molecule has 11 heteroatoms. The van der Waals surface area contributed by atoms with Gasteiger partial charge in [0.25, 0.3) is 17.7 Å². The van der Waals surface area contributed by atoms with Crippen LogP contribution in [0.5, 0.6) is 0 Å².